The lowest BCUT2D eigenvalue weighted by molar-refractivity contribution is 0.255. The molecule has 23 heavy (non-hydrogen) atoms. The molecule has 0 bridgehead atoms. The number of allylic oxidation sites excluding steroid dienone is 4. The Morgan fingerprint density at radius 1 is 0.870 bits per heavy atom. The van der Waals surface area contributed by atoms with Gasteiger partial charge in [-0.15, -0.1) is 0 Å². The fourth-order valence-corrected chi connectivity index (χ4v) is 2.48. The molecule has 0 aliphatic heterocycles. The van der Waals surface area contributed by atoms with E-state index in [1.807, 2.05) is 27.7 Å². The summed E-state index contributed by atoms with van der Waals surface area (Å²) in [5, 5.41) is 3.74. The van der Waals surface area contributed by atoms with Crippen molar-refractivity contribution < 1.29 is 0 Å². The lowest BCUT2D eigenvalue weighted by atomic mass is 9.69. The molecule has 0 amide bonds. The van der Waals surface area contributed by atoms with E-state index in [2.05, 4.69) is 81.6 Å². The molecule has 0 spiro atoms. The predicted molar refractivity (Wildman–Crippen MR) is 106 cm³/mol. The van der Waals surface area contributed by atoms with E-state index in [0.717, 1.165) is 12.8 Å². The van der Waals surface area contributed by atoms with Gasteiger partial charge in [-0.3, -0.25) is 0 Å². The summed E-state index contributed by atoms with van der Waals surface area (Å²) in [5.41, 5.74) is 2.79. The first-order valence-corrected chi connectivity index (χ1v) is 9.13. The van der Waals surface area contributed by atoms with Crippen molar-refractivity contribution in [3.05, 3.63) is 59.8 Å². The molecule has 1 nitrogen and oxygen atoms in total. The largest absolute Gasteiger partial charge is 0.383 e. The van der Waals surface area contributed by atoms with E-state index >= 15 is 0 Å². The van der Waals surface area contributed by atoms with E-state index < -0.39 is 0 Å². The minimum Gasteiger partial charge on any atom is -0.383 e. The Hall–Kier alpha value is -1.50. The lowest BCUT2D eigenvalue weighted by Gasteiger charge is -2.44. The first-order valence-electron chi connectivity index (χ1n) is 9.13. The van der Waals surface area contributed by atoms with Gasteiger partial charge < -0.3 is 5.32 Å². The first-order chi connectivity index (χ1) is 10.9. The van der Waals surface area contributed by atoms with Crippen LogP contribution in [0.2, 0.25) is 0 Å². The van der Waals surface area contributed by atoms with Crippen LogP contribution in [0.5, 0.6) is 0 Å². The van der Waals surface area contributed by atoms with Crippen molar-refractivity contribution in [1.29, 1.82) is 0 Å². The van der Waals surface area contributed by atoms with Gasteiger partial charge in [-0.25, -0.2) is 0 Å². The smallest absolute Gasteiger partial charge is 0.0405 e. The SMILES string of the molecule is CC.CC.CC(C)(NC1=CC=CCC1)C(C)(C)c1ccccc1. The molecule has 1 aliphatic rings. The quantitative estimate of drug-likeness (QED) is 0.658. The summed E-state index contributed by atoms with van der Waals surface area (Å²) in [5.74, 6) is 0. The second kappa shape index (κ2) is 10.3. The van der Waals surface area contributed by atoms with Crippen molar-refractivity contribution in [2.24, 2.45) is 0 Å². The minimum atomic E-state index is 0.00532. The highest BCUT2D eigenvalue weighted by atomic mass is 15.0. The van der Waals surface area contributed by atoms with Gasteiger partial charge in [0.2, 0.25) is 0 Å². The van der Waals surface area contributed by atoms with Crippen LogP contribution in [0.15, 0.2) is 54.3 Å². The van der Waals surface area contributed by atoms with Gasteiger partial charge in [0.25, 0.3) is 0 Å². The molecule has 1 aliphatic carbocycles. The third kappa shape index (κ3) is 5.89. The molecule has 1 N–H and O–H groups in total. The van der Waals surface area contributed by atoms with Gasteiger partial charge in [-0.05, 0) is 38.3 Å². The Morgan fingerprint density at radius 2 is 1.43 bits per heavy atom. The first kappa shape index (κ1) is 21.5. The molecule has 2 rings (SSSR count). The van der Waals surface area contributed by atoms with Crippen LogP contribution >= 0.6 is 0 Å². The molecule has 1 aromatic carbocycles. The van der Waals surface area contributed by atoms with Gasteiger partial charge >= 0.3 is 0 Å². The predicted octanol–water partition coefficient (Wildman–Crippen LogP) is 6.62. The van der Waals surface area contributed by atoms with Gasteiger partial charge in [0.1, 0.15) is 0 Å². The van der Waals surface area contributed by atoms with E-state index in [1.165, 1.54) is 11.3 Å². The topological polar surface area (TPSA) is 12.0 Å². The molecular weight excluding hydrogens is 278 g/mol. The fraction of sp³-hybridized carbons (Fsp3) is 0.545. The van der Waals surface area contributed by atoms with Crippen LogP contribution in [0.3, 0.4) is 0 Å². The number of nitrogens with one attached hydrogen (secondary N) is 1. The zero-order valence-corrected chi connectivity index (χ0v) is 16.5. The molecule has 0 saturated heterocycles. The van der Waals surface area contributed by atoms with E-state index in [9.17, 15) is 0 Å². The van der Waals surface area contributed by atoms with E-state index in [0.29, 0.717) is 0 Å². The van der Waals surface area contributed by atoms with Gasteiger partial charge in [-0.1, -0.05) is 84.0 Å². The van der Waals surface area contributed by atoms with E-state index in [-0.39, 0.29) is 11.0 Å². The molecule has 0 aromatic heterocycles. The molecule has 0 radical (unpaired) electrons. The molecule has 1 heteroatoms. The summed E-state index contributed by atoms with van der Waals surface area (Å²) in [7, 11) is 0. The van der Waals surface area contributed by atoms with Gasteiger partial charge in [-0.2, -0.15) is 0 Å². The zero-order chi connectivity index (χ0) is 17.9. The van der Waals surface area contributed by atoms with Crippen molar-refractivity contribution in [1.82, 2.24) is 5.32 Å². The Balaban J connectivity index is 0.00000112. The van der Waals surface area contributed by atoms with Crippen LogP contribution in [0.25, 0.3) is 0 Å². The molecule has 0 fully saturated rings. The van der Waals surface area contributed by atoms with Crippen molar-refractivity contribution in [3.63, 3.8) is 0 Å². The molecule has 0 atom stereocenters. The molecule has 1 aromatic rings. The summed E-state index contributed by atoms with van der Waals surface area (Å²) in [6.07, 6.45) is 8.83. The lowest BCUT2D eigenvalue weighted by Crippen LogP contribution is -2.53. The number of rotatable bonds is 4. The van der Waals surface area contributed by atoms with Crippen LogP contribution in [0.4, 0.5) is 0 Å². The highest BCUT2D eigenvalue weighted by molar-refractivity contribution is 5.30. The van der Waals surface area contributed by atoms with Gasteiger partial charge in [0.15, 0.2) is 0 Å². The molecule has 0 saturated carbocycles. The average molecular weight is 316 g/mol. The summed E-state index contributed by atoms with van der Waals surface area (Å²) in [6.45, 7) is 17.2. The van der Waals surface area contributed by atoms with Crippen molar-refractivity contribution >= 4 is 0 Å². The minimum absolute atomic E-state index is 0.00532. The van der Waals surface area contributed by atoms with Crippen LogP contribution in [-0.4, -0.2) is 5.54 Å². The van der Waals surface area contributed by atoms with Crippen LogP contribution in [-0.2, 0) is 5.41 Å². The second-order valence-electron chi connectivity index (χ2n) is 6.40. The number of benzene rings is 1. The van der Waals surface area contributed by atoms with Crippen molar-refractivity contribution in [2.45, 2.75) is 79.2 Å². The Bertz CT molecular complexity index is 478. The average Bonchev–Trinajstić information content (AvgIpc) is 2.59. The van der Waals surface area contributed by atoms with Crippen LogP contribution < -0.4 is 5.32 Å². The Labute approximate surface area is 144 Å². The summed E-state index contributed by atoms with van der Waals surface area (Å²) in [4.78, 5) is 0. The monoisotopic (exact) mass is 315 g/mol. The third-order valence-corrected chi connectivity index (χ3v) is 4.54. The molecular formula is C22H37N. The second-order valence-corrected chi connectivity index (χ2v) is 6.40. The van der Waals surface area contributed by atoms with E-state index in [1.54, 1.807) is 0 Å². The highest BCUT2D eigenvalue weighted by Crippen LogP contribution is 2.35. The standard InChI is InChI=1S/C18H25N.2C2H6/c1-17(2,15-11-7-5-8-12-15)18(3,4)19-16-13-9-6-10-14-16;2*1-2/h5-9,11-13,19H,10,14H2,1-4H3;2*1-2H3. The Kier molecular flexibility index (Phi) is 9.64. The maximum atomic E-state index is 3.74. The number of hydrogen-bond donors (Lipinski definition) is 1. The third-order valence-electron chi connectivity index (χ3n) is 4.54. The number of hydrogen-bond acceptors (Lipinski definition) is 1. The van der Waals surface area contributed by atoms with Gasteiger partial charge in [0, 0.05) is 16.7 Å². The van der Waals surface area contributed by atoms with Crippen molar-refractivity contribution in [3.8, 4) is 0 Å². The molecule has 130 valence electrons. The molecule has 0 heterocycles. The summed E-state index contributed by atoms with van der Waals surface area (Å²) in [6, 6.07) is 10.8. The fourth-order valence-electron chi connectivity index (χ4n) is 2.48. The maximum absolute atomic E-state index is 3.74. The molecule has 0 unspecified atom stereocenters. The summed E-state index contributed by atoms with van der Waals surface area (Å²) >= 11 is 0. The summed E-state index contributed by atoms with van der Waals surface area (Å²) < 4.78 is 0. The highest BCUT2D eigenvalue weighted by Gasteiger charge is 2.38. The Morgan fingerprint density at radius 3 is 1.91 bits per heavy atom. The van der Waals surface area contributed by atoms with Crippen LogP contribution in [0.1, 0.15) is 73.8 Å². The van der Waals surface area contributed by atoms with Crippen LogP contribution in [0, 0.1) is 0 Å². The zero-order valence-electron chi connectivity index (χ0n) is 16.5. The normalized spacial score (nSPS) is 13.8. The van der Waals surface area contributed by atoms with Gasteiger partial charge in [0.05, 0.1) is 0 Å². The van der Waals surface area contributed by atoms with Crippen molar-refractivity contribution in [2.75, 3.05) is 0 Å². The van der Waals surface area contributed by atoms with E-state index in [4.69, 9.17) is 0 Å². The maximum Gasteiger partial charge on any atom is 0.0405 e.